The Labute approximate surface area is 193 Å². The summed E-state index contributed by atoms with van der Waals surface area (Å²) in [5.74, 6) is 3.40. The highest BCUT2D eigenvalue weighted by molar-refractivity contribution is 5.79. The number of piperidine rings is 1. The summed E-state index contributed by atoms with van der Waals surface area (Å²) in [7, 11) is 3.20. The Morgan fingerprint density at radius 2 is 1.76 bits per heavy atom. The zero-order valence-corrected chi connectivity index (χ0v) is 18.9. The third kappa shape index (κ3) is 5.71. The standard InChI is InChI=1S/C25H28N4O4/c1-31-21-9-8-18(14-22(21)32-2)16-26-25(30)19-10-12-29(13-11-19)23-15-24(28-17-27-23)33-20-6-4-3-5-7-20/h3-9,14-15,17,19H,10-13,16H2,1-2H3,(H,26,30). The molecule has 1 fully saturated rings. The lowest BCUT2D eigenvalue weighted by Gasteiger charge is -2.32. The number of hydrogen-bond acceptors (Lipinski definition) is 7. The van der Waals surface area contributed by atoms with Gasteiger partial charge in [-0.1, -0.05) is 24.3 Å². The Kier molecular flexibility index (Phi) is 7.24. The smallest absolute Gasteiger partial charge is 0.224 e. The van der Waals surface area contributed by atoms with Crippen LogP contribution in [0.15, 0.2) is 60.9 Å². The monoisotopic (exact) mass is 448 g/mol. The van der Waals surface area contributed by atoms with Crippen LogP contribution in [0.2, 0.25) is 0 Å². The fraction of sp³-hybridized carbons (Fsp3) is 0.320. The third-order valence-electron chi connectivity index (χ3n) is 5.70. The largest absolute Gasteiger partial charge is 0.493 e. The molecule has 0 unspecified atom stereocenters. The van der Waals surface area contributed by atoms with Crippen LogP contribution < -0.4 is 24.4 Å². The number of methoxy groups -OCH3 is 2. The minimum absolute atomic E-state index is 0.0247. The SMILES string of the molecule is COc1ccc(CNC(=O)C2CCN(c3cc(Oc4ccccc4)ncn3)CC2)cc1OC. The van der Waals surface area contributed by atoms with Crippen LogP contribution >= 0.6 is 0 Å². The minimum atomic E-state index is -0.0247. The maximum atomic E-state index is 12.7. The number of aromatic nitrogens is 2. The summed E-state index contributed by atoms with van der Waals surface area (Å²) < 4.78 is 16.4. The zero-order valence-electron chi connectivity index (χ0n) is 18.9. The molecule has 172 valence electrons. The highest BCUT2D eigenvalue weighted by Gasteiger charge is 2.26. The molecular weight excluding hydrogens is 420 g/mol. The van der Waals surface area contributed by atoms with Gasteiger partial charge in [0, 0.05) is 31.6 Å². The van der Waals surface area contributed by atoms with Crippen molar-refractivity contribution < 1.29 is 19.0 Å². The van der Waals surface area contributed by atoms with Gasteiger partial charge in [0.2, 0.25) is 11.8 Å². The summed E-state index contributed by atoms with van der Waals surface area (Å²) in [6.07, 6.45) is 3.03. The van der Waals surface area contributed by atoms with Gasteiger partial charge in [-0.15, -0.1) is 0 Å². The number of amides is 1. The molecule has 1 aromatic heterocycles. The lowest BCUT2D eigenvalue weighted by atomic mass is 9.96. The van der Waals surface area contributed by atoms with Crippen molar-refractivity contribution in [3.63, 3.8) is 0 Å². The van der Waals surface area contributed by atoms with E-state index < -0.39 is 0 Å². The van der Waals surface area contributed by atoms with E-state index in [2.05, 4.69) is 20.2 Å². The molecule has 0 aliphatic carbocycles. The first kappa shape index (κ1) is 22.4. The van der Waals surface area contributed by atoms with Crippen molar-refractivity contribution in [2.75, 3.05) is 32.2 Å². The third-order valence-corrected chi connectivity index (χ3v) is 5.70. The van der Waals surface area contributed by atoms with Gasteiger partial charge in [0.25, 0.3) is 0 Å². The number of ether oxygens (including phenoxy) is 3. The van der Waals surface area contributed by atoms with Crippen LogP contribution in [-0.4, -0.2) is 43.2 Å². The molecule has 4 rings (SSSR count). The van der Waals surface area contributed by atoms with E-state index in [1.165, 1.54) is 6.33 Å². The second-order valence-corrected chi connectivity index (χ2v) is 7.80. The van der Waals surface area contributed by atoms with E-state index in [1.54, 1.807) is 14.2 Å². The van der Waals surface area contributed by atoms with Crippen LogP contribution in [0, 0.1) is 5.92 Å². The molecule has 0 bridgehead atoms. The van der Waals surface area contributed by atoms with Crippen molar-refractivity contribution in [2.24, 2.45) is 5.92 Å². The first-order valence-electron chi connectivity index (χ1n) is 10.9. The number of anilines is 1. The molecule has 0 radical (unpaired) electrons. The maximum Gasteiger partial charge on any atom is 0.224 e. The average Bonchev–Trinajstić information content (AvgIpc) is 2.88. The second kappa shape index (κ2) is 10.7. The highest BCUT2D eigenvalue weighted by atomic mass is 16.5. The molecule has 2 heterocycles. The van der Waals surface area contributed by atoms with Gasteiger partial charge in [-0.2, -0.15) is 0 Å². The summed E-state index contributed by atoms with van der Waals surface area (Å²) in [5.41, 5.74) is 0.963. The Morgan fingerprint density at radius 1 is 1.00 bits per heavy atom. The molecule has 2 aromatic carbocycles. The van der Waals surface area contributed by atoms with Gasteiger partial charge < -0.3 is 24.4 Å². The molecule has 1 amide bonds. The summed E-state index contributed by atoms with van der Waals surface area (Å²) in [6, 6.07) is 17.0. The lowest BCUT2D eigenvalue weighted by Crippen LogP contribution is -2.40. The molecular formula is C25H28N4O4. The number of rotatable bonds is 8. The number of nitrogens with zero attached hydrogens (tertiary/aromatic N) is 3. The van der Waals surface area contributed by atoms with Crippen molar-refractivity contribution in [2.45, 2.75) is 19.4 Å². The molecule has 1 aliphatic heterocycles. The molecule has 33 heavy (non-hydrogen) atoms. The molecule has 1 N–H and O–H groups in total. The summed E-state index contributed by atoms with van der Waals surface area (Å²) in [4.78, 5) is 23.5. The predicted molar refractivity (Wildman–Crippen MR) is 125 cm³/mol. The molecule has 0 saturated carbocycles. The van der Waals surface area contributed by atoms with Crippen molar-refractivity contribution in [3.05, 3.63) is 66.5 Å². The maximum absolute atomic E-state index is 12.7. The van der Waals surface area contributed by atoms with Gasteiger partial charge in [0.05, 0.1) is 14.2 Å². The molecule has 3 aromatic rings. The summed E-state index contributed by atoms with van der Waals surface area (Å²) >= 11 is 0. The van der Waals surface area contributed by atoms with Crippen LogP contribution in [0.25, 0.3) is 0 Å². The molecule has 8 nitrogen and oxygen atoms in total. The van der Waals surface area contributed by atoms with Crippen LogP contribution in [0.1, 0.15) is 18.4 Å². The van der Waals surface area contributed by atoms with E-state index in [4.69, 9.17) is 14.2 Å². The van der Waals surface area contributed by atoms with Gasteiger partial charge in [0.1, 0.15) is 17.9 Å². The average molecular weight is 449 g/mol. The first-order valence-corrected chi connectivity index (χ1v) is 10.9. The summed E-state index contributed by atoms with van der Waals surface area (Å²) in [5, 5.41) is 3.05. The van der Waals surface area contributed by atoms with E-state index in [9.17, 15) is 4.79 Å². The van der Waals surface area contributed by atoms with Crippen molar-refractivity contribution in [3.8, 4) is 23.1 Å². The van der Waals surface area contributed by atoms with Gasteiger partial charge in [0.15, 0.2) is 11.5 Å². The molecule has 8 heteroatoms. The Bertz CT molecular complexity index is 1070. The van der Waals surface area contributed by atoms with Crippen LogP contribution in [0.3, 0.4) is 0 Å². The van der Waals surface area contributed by atoms with Crippen molar-refractivity contribution in [1.29, 1.82) is 0 Å². The van der Waals surface area contributed by atoms with E-state index in [0.29, 0.717) is 23.9 Å². The quantitative estimate of drug-likeness (QED) is 0.561. The topological polar surface area (TPSA) is 85.8 Å². The molecule has 1 saturated heterocycles. The predicted octanol–water partition coefficient (Wildman–Crippen LogP) is 3.82. The van der Waals surface area contributed by atoms with Crippen LogP contribution in [0.5, 0.6) is 23.1 Å². The van der Waals surface area contributed by atoms with E-state index in [1.807, 2.05) is 54.6 Å². The minimum Gasteiger partial charge on any atom is -0.493 e. The normalized spacial score (nSPS) is 13.9. The molecule has 0 atom stereocenters. The van der Waals surface area contributed by atoms with Gasteiger partial charge >= 0.3 is 0 Å². The number of carbonyl (C=O) groups is 1. The molecule has 0 spiro atoms. The van der Waals surface area contributed by atoms with Crippen LogP contribution in [-0.2, 0) is 11.3 Å². The van der Waals surface area contributed by atoms with E-state index in [-0.39, 0.29) is 11.8 Å². The molecule has 1 aliphatic rings. The lowest BCUT2D eigenvalue weighted by molar-refractivity contribution is -0.125. The number of benzene rings is 2. The fourth-order valence-corrected chi connectivity index (χ4v) is 3.86. The Morgan fingerprint density at radius 3 is 2.48 bits per heavy atom. The first-order chi connectivity index (χ1) is 16.2. The second-order valence-electron chi connectivity index (χ2n) is 7.80. The van der Waals surface area contributed by atoms with Gasteiger partial charge in [-0.05, 0) is 42.7 Å². The Hall–Kier alpha value is -3.81. The highest BCUT2D eigenvalue weighted by Crippen LogP contribution is 2.28. The van der Waals surface area contributed by atoms with Crippen LogP contribution in [0.4, 0.5) is 5.82 Å². The van der Waals surface area contributed by atoms with Gasteiger partial charge in [-0.25, -0.2) is 9.97 Å². The van der Waals surface area contributed by atoms with E-state index in [0.717, 1.165) is 43.1 Å². The van der Waals surface area contributed by atoms with E-state index >= 15 is 0 Å². The number of para-hydroxylation sites is 1. The summed E-state index contributed by atoms with van der Waals surface area (Å²) in [6.45, 7) is 1.94. The van der Waals surface area contributed by atoms with Crippen molar-refractivity contribution in [1.82, 2.24) is 15.3 Å². The fourth-order valence-electron chi connectivity index (χ4n) is 3.86. The number of carbonyl (C=O) groups excluding carboxylic acids is 1. The van der Waals surface area contributed by atoms with Crippen molar-refractivity contribution >= 4 is 11.7 Å². The Balaban J connectivity index is 1.29. The zero-order chi connectivity index (χ0) is 23.0. The van der Waals surface area contributed by atoms with Gasteiger partial charge in [-0.3, -0.25) is 4.79 Å². The number of nitrogens with one attached hydrogen (secondary N) is 1. The number of hydrogen-bond donors (Lipinski definition) is 1.